The number of rotatable bonds is 1. The molecule has 0 saturated carbocycles. The third-order valence-electron chi connectivity index (χ3n) is 1.14. The van der Waals surface area contributed by atoms with E-state index < -0.39 is 7.27 Å². The lowest BCUT2D eigenvalue weighted by atomic mass is 9.86. The van der Waals surface area contributed by atoms with Crippen molar-refractivity contribution in [2.45, 2.75) is 0 Å². The summed E-state index contributed by atoms with van der Waals surface area (Å²) in [5.41, 5.74) is 0.0440. The van der Waals surface area contributed by atoms with Gasteiger partial charge in [-0.05, 0) is 6.07 Å². The van der Waals surface area contributed by atoms with Gasteiger partial charge in [0.1, 0.15) is 0 Å². The van der Waals surface area contributed by atoms with Gasteiger partial charge >= 0.3 is 7.27 Å². The Labute approximate surface area is 66.6 Å². The molecule has 4 heteroatoms. The lowest BCUT2D eigenvalue weighted by Gasteiger charge is -1.96. The first-order chi connectivity index (χ1) is 4.72. The van der Waals surface area contributed by atoms with Crippen molar-refractivity contribution in [2.75, 3.05) is 0 Å². The highest BCUT2D eigenvalue weighted by Gasteiger charge is 2.17. The van der Waals surface area contributed by atoms with Gasteiger partial charge in [-0.25, -0.2) is 0 Å². The van der Waals surface area contributed by atoms with Gasteiger partial charge in [-0.2, -0.15) is 0 Å². The number of benzene rings is 1. The van der Waals surface area contributed by atoms with E-state index >= 15 is 0 Å². The standard InChI is InChI=1S/C6H4BBrF2/c8-6-4-2-1-3-5(6)7(9)10/h1-4H. The van der Waals surface area contributed by atoms with E-state index in [1.165, 1.54) is 6.07 Å². The predicted molar refractivity (Wildman–Crippen MR) is 41.7 cm³/mol. The zero-order valence-electron chi connectivity index (χ0n) is 5.02. The topological polar surface area (TPSA) is 0 Å². The van der Waals surface area contributed by atoms with Crippen LogP contribution >= 0.6 is 15.9 Å². The van der Waals surface area contributed by atoms with Crippen LogP contribution in [0.5, 0.6) is 0 Å². The Morgan fingerprint density at radius 1 is 1.20 bits per heavy atom. The Balaban J connectivity index is 3.03. The average Bonchev–Trinajstić information content (AvgIpc) is 1.88. The quantitative estimate of drug-likeness (QED) is 0.615. The molecule has 1 rings (SSSR count). The fraction of sp³-hybridized carbons (Fsp3) is 0. The van der Waals surface area contributed by atoms with E-state index in [-0.39, 0.29) is 5.46 Å². The van der Waals surface area contributed by atoms with E-state index in [4.69, 9.17) is 0 Å². The van der Waals surface area contributed by atoms with Crippen LogP contribution in [0.3, 0.4) is 0 Å². The maximum absolute atomic E-state index is 12.0. The zero-order chi connectivity index (χ0) is 7.56. The van der Waals surface area contributed by atoms with Gasteiger partial charge in [0, 0.05) is 9.94 Å². The summed E-state index contributed by atoms with van der Waals surface area (Å²) in [5.74, 6) is 0. The molecule has 0 fully saturated rings. The van der Waals surface area contributed by atoms with E-state index in [9.17, 15) is 8.63 Å². The summed E-state index contributed by atoms with van der Waals surface area (Å²) in [4.78, 5) is 0. The molecule has 0 atom stereocenters. The molecule has 0 N–H and O–H groups in total. The second-order valence-electron chi connectivity index (χ2n) is 1.82. The molecule has 1 aromatic carbocycles. The Kier molecular flexibility index (Phi) is 2.43. The zero-order valence-corrected chi connectivity index (χ0v) is 6.61. The smallest absolute Gasteiger partial charge is 0.281 e. The van der Waals surface area contributed by atoms with Crippen molar-refractivity contribution in [3.8, 4) is 0 Å². The van der Waals surface area contributed by atoms with Crippen molar-refractivity contribution < 1.29 is 8.63 Å². The molecule has 0 amide bonds. The lowest BCUT2D eigenvalue weighted by Crippen LogP contribution is -2.21. The third kappa shape index (κ3) is 1.56. The molecule has 0 radical (unpaired) electrons. The SMILES string of the molecule is FB(F)c1ccccc1Br. The van der Waals surface area contributed by atoms with E-state index in [0.29, 0.717) is 4.47 Å². The molecule has 0 unspecified atom stereocenters. The van der Waals surface area contributed by atoms with Crippen molar-refractivity contribution in [1.82, 2.24) is 0 Å². The van der Waals surface area contributed by atoms with Gasteiger partial charge in [0.05, 0.1) is 0 Å². The second-order valence-corrected chi connectivity index (χ2v) is 2.68. The molecule has 0 aliphatic carbocycles. The van der Waals surface area contributed by atoms with Crippen LogP contribution in [0.1, 0.15) is 0 Å². The molecule has 52 valence electrons. The number of hydrogen-bond donors (Lipinski definition) is 0. The van der Waals surface area contributed by atoms with Gasteiger partial charge in [0.25, 0.3) is 0 Å². The summed E-state index contributed by atoms with van der Waals surface area (Å²) in [6, 6.07) is 6.29. The summed E-state index contributed by atoms with van der Waals surface area (Å²) in [6.07, 6.45) is 0. The van der Waals surface area contributed by atoms with Gasteiger partial charge in [0.2, 0.25) is 0 Å². The molecule has 0 heterocycles. The molecule has 10 heavy (non-hydrogen) atoms. The third-order valence-corrected chi connectivity index (χ3v) is 1.86. The predicted octanol–water partition coefficient (Wildman–Crippen LogP) is 2.08. The van der Waals surface area contributed by atoms with Crippen molar-refractivity contribution in [2.24, 2.45) is 0 Å². The molecule has 0 saturated heterocycles. The van der Waals surface area contributed by atoms with Crippen LogP contribution in [0.2, 0.25) is 0 Å². The van der Waals surface area contributed by atoms with Gasteiger partial charge in [0.15, 0.2) is 0 Å². The Hall–Kier alpha value is -0.375. The maximum Gasteiger partial charge on any atom is 0.573 e. The number of hydrogen-bond acceptors (Lipinski definition) is 0. The monoisotopic (exact) mass is 204 g/mol. The average molecular weight is 205 g/mol. The molecular formula is C6H4BBrF2. The van der Waals surface area contributed by atoms with Gasteiger partial charge in [-0.3, -0.25) is 8.63 Å². The second kappa shape index (κ2) is 3.15. The fourth-order valence-electron chi connectivity index (χ4n) is 0.652. The molecule has 0 aliphatic heterocycles. The van der Waals surface area contributed by atoms with Gasteiger partial charge < -0.3 is 0 Å². The fourth-order valence-corrected chi connectivity index (χ4v) is 1.11. The highest BCUT2D eigenvalue weighted by molar-refractivity contribution is 9.10. The Bertz CT molecular complexity index is 227. The molecule has 0 aliphatic rings. The summed E-state index contributed by atoms with van der Waals surface area (Å²) >= 11 is 3.02. The van der Waals surface area contributed by atoms with Crippen molar-refractivity contribution >= 4 is 28.7 Å². The summed E-state index contributed by atoms with van der Waals surface area (Å²) in [6.45, 7) is 0. The van der Waals surface area contributed by atoms with Gasteiger partial charge in [-0.1, -0.05) is 34.1 Å². The summed E-state index contributed by atoms with van der Waals surface area (Å²) < 4.78 is 24.5. The molecular weight excluding hydrogens is 201 g/mol. The van der Waals surface area contributed by atoms with Gasteiger partial charge in [-0.15, -0.1) is 0 Å². The Morgan fingerprint density at radius 3 is 2.20 bits per heavy atom. The van der Waals surface area contributed by atoms with E-state index in [0.717, 1.165) is 0 Å². The molecule has 0 bridgehead atoms. The normalized spacial score (nSPS) is 9.50. The molecule has 0 aromatic heterocycles. The highest BCUT2D eigenvalue weighted by atomic mass is 79.9. The van der Waals surface area contributed by atoms with Crippen LogP contribution in [0, 0.1) is 0 Å². The van der Waals surface area contributed by atoms with Crippen molar-refractivity contribution in [3.63, 3.8) is 0 Å². The Morgan fingerprint density at radius 2 is 1.80 bits per heavy atom. The number of halogens is 3. The van der Waals surface area contributed by atoms with Crippen LogP contribution in [0.4, 0.5) is 8.63 Å². The van der Waals surface area contributed by atoms with E-state index in [1.54, 1.807) is 18.2 Å². The van der Waals surface area contributed by atoms with E-state index in [1.807, 2.05) is 0 Å². The first-order valence-corrected chi connectivity index (χ1v) is 3.53. The minimum absolute atomic E-state index is 0.0440. The van der Waals surface area contributed by atoms with Crippen molar-refractivity contribution in [1.29, 1.82) is 0 Å². The lowest BCUT2D eigenvalue weighted by molar-refractivity contribution is 0.684. The molecule has 1 aromatic rings. The minimum atomic E-state index is -2.39. The highest BCUT2D eigenvalue weighted by Crippen LogP contribution is 2.07. The minimum Gasteiger partial charge on any atom is -0.281 e. The van der Waals surface area contributed by atoms with Crippen LogP contribution in [0.25, 0.3) is 0 Å². The molecule has 0 spiro atoms. The van der Waals surface area contributed by atoms with Crippen LogP contribution in [-0.2, 0) is 0 Å². The largest absolute Gasteiger partial charge is 0.573 e. The summed E-state index contributed by atoms with van der Waals surface area (Å²) in [7, 11) is -2.39. The van der Waals surface area contributed by atoms with Crippen LogP contribution in [0.15, 0.2) is 28.7 Å². The van der Waals surface area contributed by atoms with Crippen molar-refractivity contribution in [3.05, 3.63) is 28.7 Å². The first kappa shape index (κ1) is 7.73. The first-order valence-electron chi connectivity index (χ1n) is 2.74. The van der Waals surface area contributed by atoms with Crippen LogP contribution < -0.4 is 5.46 Å². The van der Waals surface area contributed by atoms with Crippen LogP contribution in [-0.4, -0.2) is 7.27 Å². The maximum atomic E-state index is 12.0. The molecule has 0 nitrogen and oxygen atoms in total. The summed E-state index contributed by atoms with van der Waals surface area (Å²) in [5, 5.41) is 0. The van der Waals surface area contributed by atoms with E-state index in [2.05, 4.69) is 15.9 Å².